The molecule has 0 aromatic heterocycles. The zero-order chi connectivity index (χ0) is 15.4. The molecule has 0 amide bonds. The Morgan fingerprint density at radius 2 is 1.70 bits per heavy atom. The molecule has 3 heteroatoms. The summed E-state index contributed by atoms with van der Waals surface area (Å²) in [5.41, 5.74) is 5.18. The molecule has 0 aliphatic carbocycles. The summed E-state index contributed by atoms with van der Waals surface area (Å²) in [5.74, 6) is -0.736. The first-order valence-electron chi connectivity index (χ1n) is 7.33. The number of carboxylic acids is 1. The molecule has 1 aromatic rings. The van der Waals surface area contributed by atoms with Crippen molar-refractivity contribution in [3.05, 3.63) is 34.4 Å². The Morgan fingerprint density at radius 3 is 2.10 bits per heavy atom. The monoisotopic (exact) mass is 277 g/mol. The molecule has 0 spiro atoms. The van der Waals surface area contributed by atoms with E-state index in [-0.39, 0.29) is 18.5 Å². The lowest BCUT2D eigenvalue weighted by molar-refractivity contribution is -0.138. The zero-order valence-corrected chi connectivity index (χ0v) is 13.5. The summed E-state index contributed by atoms with van der Waals surface area (Å²) in [7, 11) is 0. The van der Waals surface area contributed by atoms with Crippen LogP contribution < -0.4 is 0 Å². The minimum absolute atomic E-state index is 0.0348. The number of nitrogens with zero attached hydrogens (tertiary/aromatic N) is 1. The van der Waals surface area contributed by atoms with Gasteiger partial charge >= 0.3 is 5.97 Å². The zero-order valence-electron chi connectivity index (χ0n) is 13.5. The first kappa shape index (κ1) is 16.7. The standard InChI is InChI=1S/C17H27NO2/c1-7-18(14(5)10-16(19)20)15(6)17-12(3)8-11(2)9-13(17)4/h8-9,14-15H,7,10H2,1-6H3,(H,19,20). The average Bonchev–Trinajstić information content (AvgIpc) is 2.26. The van der Waals surface area contributed by atoms with E-state index >= 15 is 0 Å². The Balaban J connectivity index is 3.08. The Bertz CT molecular complexity index is 459. The third kappa shape index (κ3) is 3.83. The first-order valence-corrected chi connectivity index (χ1v) is 7.33. The van der Waals surface area contributed by atoms with E-state index in [1.54, 1.807) is 0 Å². The lowest BCUT2D eigenvalue weighted by Gasteiger charge is -2.35. The van der Waals surface area contributed by atoms with Gasteiger partial charge < -0.3 is 5.11 Å². The normalized spacial score (nSPS) is 14.3. The number of benzene rings is 1. The fourth-order valence-electron chi connectivity index (χ4n) is 3.35. The van der Waals surface area contributed by atoms with Gasteiger partial charge in [0.1, 0.15) is 0 Å². The van der Waals surface area contributed by atoms with Crippen molar-refractivity contribution in [1.82, 2.24) is 4.90 Å². The highest BCUT2D eigenvalue weighted by Gasteiger charge is 2.24. The molecule has 20 heavy (non-hydrogen) atoms. The molecule has 0 radical (unpaired) electrons. The van der Waals surface area contributed by atoms with Gasteiger partial charge in [-0.1, -0.05) is 24.6 Å². The van der Waals surface area contributed by atoms with Crippen molar-refractivity contribution < 1.29 is 9.90 Å². The molecule has 1 rings (SSSR count). The largest absolute Gasteiger partial charge is 0.481 e. The van der Waals surface area contributed by atoms with Crippen LogP contribution in [0, 0.1) is 20.8 Å². The number of rotatable bonds is 6. The van der Waals surface area contributed by atoms with Gasteiger partial charge in [-0.15, -0.1) is 0 Å². The van der Waals surface area contributed by atoms with Crippen LogP contribution in [0.25, 0.3) is 0 Å². The van der Waals surface area contributed by atoms with Gasteiger partial charge in [0.25, 0.3) is 0 Å². The van der Waals surface area contributed by atoms with Crippen LogP contribution in [0.4, 0.5) is 0 Å². The topological polar surface area (TPSA) is 40.5 Å². The molecule has 112 valence electrons. The number of carbonyl (C=O) groups is 1. The second-order valence-electron chi connectivity index (χ2n) is 5.77. The van der Waals surface area contributed by atoms with Crippen molar-refractivity contribution >= 4 is 5.97 Å². The Labute approximate surface area is 122 Å². The Morgan fingerprint density at radius 1 is 1.20 bits per heavy atom. The molecule has 3 nitrogen and oxygen atoms in total. The van der Waals surface area contributed by atoms with Crippen LogP contribution in [0.15, 0.2) is 12.1 Å². The van der Waals surface area contributed by atoms with Crippen molar-refractivity contribution in [3.63, 3.8) is 0 Å². The quantitative estimate of drug-likeness (QED) is 0.858. The van der Waals surface area contributed by atoms with Crippen LogP contribution in [-0.4, -0.2) is 28.6 Å². The molecule has 0 heterocycles. The summed E-state index contributed by atoms with van der Waals surface area (Å²) < 4.78 is 0. The van der Waals surface area contributed by atoms with Crippen LogP contribution in [-0.2, 0) is 4.79 Å². The molecule has 2 atom stereocenters. The van der Waals surface area contributed by atoms with Gasteiger partial charge in [-0.3, -0.25) is 9.69 Å². The summed E-state index contributed by atoms with van der Waals surface area (Å²) in [6, 6.07) is 4.67. The van der Waals surface area contributed by atoms with E-state index in [4.69, 9.17) is 5.11 Å². The molecular formula is C17H27NO2. The van der Waals surface area contributed by atoms with Crippen LogP contribution >= 0.6 is 0 Å². The van der Waals surface area contributed by atoms with E-state index in [0.717, 1.165) is 6.54 Å². The maximum Gasteiger partial charge on any atom is 0.304 e. The molecule has 0 aliphatic rings. The van der Waals surface area contributed by atoms with Gasteiger partial charge in [-0.2, -0.15) is 0 Å². The smallest absolute Gasteiger partial charge is 0.304 e. The predicted molar refractivity (Wildman–Crippen MR) is 83.2 cm³/mol. The molecular weight excluding hydrogens is 250 g/mol. The van der Waals surface area contributed by atoms with Gasteiger partial charge in [-0.25, -0.2) is 0 Å². The van der Waals surface area contributed by atoms with E-state index in [0.29, 0.717) is 0 Å². The van der Waals surface area contributed by atoms with Crippen molar-refractivity contribution in [2.24, 2.45) is 0 Å². The lowest BCUT2D eigenvalue weighted by Crippen LogP contribution is -2.37. The molecule has 1 N–H and O–H groups in total. The number of hydrogen-bond acceptors (Lipinski definition) is 2. The maximum absolute atomic E-state index is 10.9. The SMILES string of the molecule is CCN(C(C)CC(=O)O)C(C)c1c(C)cc(C)cc1C. The summed E-state index contributed by atoms with van der Waals surface area (Å²) in [5, 5.41) is 9.00. The van der Waals surface area contributed by atoms with Crippen molar-refractivity contribution in [3.8, 4) is 0 Å². The van der Waals surface area contributed by atoms with Crippen LogP contribution in [0.2, 0.25) is 0 Å². The van der Waals surface area contributed by atoms with E-state index in [1.165, 1.54) is 22.3 Å². The van der Waals surface area contributed by atoms with Gasteiger partial charge in [0, 0.05) is 12.1 Å². The minimum Gasteiger partial charge on any atom is -0.481 e. The third-order valence-corrected chi connectivity index (χ3v) is 4.05. The lowest BCUT2D eigenvalue weighted by atomic mass is 9.93. The molecule has 0 aliphatic heterocycles. The number of carboxylic acid groups (broad SMARTS) is 1. The van der Waals surface area contributed by atoms with Gasteiger partial charge in [0.2, 0.25) is 0 Å². The highest BCUT2D eigenvalue weighted by Crippen LogP contribution is 2.29. The minimum atomic E-state index is -0.736. The summed E-state index contributed by atoms with van der Waals surface area (Å²) in [4.78, 5) is 13.2. The van der Waals surface area contributed by atoms with Crippen molar-refractivity contribution in [2.75, 3.05) is 6.54 Å². The molecule has 0 saturated carbocycles. The summed E-state index contributed by atoms with van der Waals surface area (Å²) >= 11 is 0. The van der Waals surface area contributed by atoms with Gasteiger partial charge in [0.05, 0.1) is 6.42 Å². The number of hydrogen-bond donors (Lipinski definition) is 1. The van der Waals surface area contributed by atoms with E-state index in [1.807, 2.05) is 6.92 Å². The van der Waals surface area contributed by atoms with E-state index < -0.39 is 5.97 Å². The Kier molecular flexibility index (Phi) is 5.75. The average molecular weight is 277 g/mol. The second-order valence-corrected chi connectivity index (χ2v) is 5.77. The highest BCUT2D eigenvalue weighted by atomic mass is 16.4. The third-order valence-electron chi connectivity index (χ3n) is 4.05. The first-order chi connectivity index (χ1) is 9.27. The van der Waals surface area contributed by atoms with Gasteiger partial charge in [0.15, 0.2) is 0 Å². The van der Waals surface area contributed by atoms with E-state index in [2.05, 4.69) is 51.7 Å². The maximum atomic E-state index is 10.9. The molecule has 0 fully saturated rings. The fraction of sp³-hybridized carbons (Fsp3) is 0.588. The van der Waals surface area contributed by atoms with Crippen molar-refractivity contribution in [2.45, 2.75) is 60.0 Å². The molecule has 0 bridgehead atoms. The number of aryl methyl sites for hydroxylation is 3. The predicted octanol–water partition coefficient (Wildman–Crippen LogP) is 3.86. The summed E-state index contributed by atoms with van der Waals surface area (Å²) in [6.07, 6.45) is 0.183. The fourth-order valence-corrected chi connectivity index (χ4v) is 3.35. The second kappa shape index (κ2) is 6.89. The van der Waals surface area contributed by atoms with Crippen LogP contribution in [0.3, 0.4) is 0 Å². The molecule has 0 saturated heterocycles. The molecule has 2 unspecified atom stereocenters. The Hall–Kier alpha value is -1.35. The van der Waals surface area contributed by atoms with Crippen LogP contribution in [0.1, 0.15) is 55.5 Å². The summed E-state index contributed by atoms with van der Waals surface area (Å²) in [6.45, 7) is 13.5. The molecule has 1 aromatic carbocycles. The number of aliphatic carboxylic acids is 1. The van der Waals surface area contributed by atoms with Gasteiger partial charge in [-0.05, 0) is 57.9 Å². The van der Waals surface area contributed by atoms with E-state index in [9.17, 15) is 4.79 Å². The van der Waals surface area contributed by atoms with Crippen molar-refractivity contribution in [1.29, 1.82) is 0 Å². The van der Waals surface area contributed by atoms with Crippen LogP contribution in [0.5, 0.6) is 0 Å². The highest BCUT2D eigenvalue weighted by molar-refractivity contribution is 5.67.